The van der Waals surface area contributed by atoms with Crippen LogP contribution in [0.5, 0.6) is 0 Å². The summed E-state index contributed by atoms with van der Waals surface area (Å²) in [5.74, 6) is -0.200. The molecule has 1 aromatic heterocycles. The molecule has 146 valence electrons. The van der Waals surface area contributed by atoms with Gasteiger partial charge < -0.3 is 9.32 Å². The number of rotatable bonds is 7. The summed E-state index contributed by atoms with van der Waals surface area (Å²) in [7, 11) is -1.83. The number of benzene rings is 2. The Morgan fingerprint density at radius 3 is 2.21 bits per heavy atom. The van der Waals surface area contributed by atoms with Gasteiger partial charge in [0, 0.05) is 13.6 Å². The molecule has 1 amide bonds. The van der Waals surface area contributed by atoms with E-state index in [1.807, 2.05) is 24.3 Å². The van der Waals surface area contributed by atoms with E-state index in [0.29, 0.717) is 6.54 Å². The highest BCUT2D eigenvalue weighted by Crippen LogP contribution is 2.19. The average molecular weight is 397 g/mol. The molecule has 28 heavy (non-hydrogen) atoms. The molecule has 5 nitrogen and oxygen atoms in total. The van der Waals surface area contributed by atoms with E-state index < -0.39 is 9.84 Å². The van der Waals surface area contributed by atoms with Crippen molar-refractivity contribution in [1.82, 2.24) is 4.90 Å². The van der Waals surface area contributed by atoms with Crippen LogP contribution in [0.1, 0.15) is 34.4 Å². The van der Waals surface area contributed by atoms with Gasteiger partial charge in [0.15, 0.2) is 15.6 Å². The fraction of sp³-hybridized carbons (Fsp3) is 0.227. The Bertz CT molecular complexity index is 1040. The molecule has 0 atom stereocenters. The Morgan fingerprint density at radius 2 is 1.57 bits per heavy atom. The number of hydrogen-bond donors (Lipinski definition) is 0. The van der Waals surface area contributed by atoms with Crippen molar-refractivity contribution in [2.45, 2.75) is 30.5 Å². The second-order valence-electron chi connectivity index (χ2n) is 6.67. The predicted octanol–water partition coefficient (Wildman–Crippen LogP) is 4.09. The molecule has 0 radical (unpaired) electrons. The lowest BCUT2D eigenvalue weighted by Crippen LogP contribution is -2.25. The zero-order chi connectivity index (χ0) is 20.1. The number of carbonyl (C=O) groups is 1. The zero-order valence-corrected chi connectivity index (χ0v) is 16.8. The van der Waals surface area contributed by atoms with E-state index in [1.54, 1.807) is 42.3 Å². The van der Waals surface area contributed by atoms with E-state index in [1.165, 1.54) is 17.7 Å². The Hall–Kier alpha value is -2.86. The number of amides is 1. The maximum Gasteiger partial charge on any atom is 0.289 e. The summed E-state index contributed by atoms with van der Waals surface area (Å²) < 4.78 is 30.4. The highest BCUT2D eigenvalue weighted by molar-refractivity contribution is 7.90. The third-order valence-electron chi connectivity index (χ3n) is 4.50. The topological polar surface area (TPSA) is 67.6 Å². The molecule has 0 aliphatic carbocycles. The van der Waals surface area contributed by atoms with Crippen LogP contribution in [-0.4, -0.2) is 26.3 Å². The second kappa shape index (κ2) is 8.44. The van der Waals surface area contributed by atoms with E-state index in [4.69, 9.17) is 4.42 Å². The standard InChI is InChI=1S/C22H23NO4S/c1-3-17-9-11-18(12-10-17)15-23(2)22(24)21-14-13-19(27-21)16-28(25,26)20-7-5-4-6-8-20/h4-14H,3,15-16H2,1-2H3. The third-order valence-corrected chi connectivity index (χ3v) is 6.16. The van der Waals surface area contributed by atoms with Crippen LogP contribution in [0.2, 0.25) is 0 Å². The van der Waals surface area contributed by atoms with Gasteiger partial charge in [-0.05, 0) is 41.8 Å². The van der Waals surface area contributed by atoms with Crippen LogP contribution in [0, 0.1) is 0 Å². The van der Waals surface area contributed by atoms with Crippen LogP contribution in [0.3, 0.4) is 0 Å². The van der Waals surface area contributed by atoms with Crippen molar-refractivity contribution in [2.24, 2.45) is 0 Å². The summed E-state index contributed by atoms with van der Waals surface area (Å²) in [4.78, 5) is 14.4. The van der Waals surface area contributed by atoms with Crippen LogP contribution in [-0.2, 0) is 28.6 Å². The Morgan fingerprint density at radius 1 is 0.929 bits per heavy atom. The van der Waals surface area contributed by atoms with Crippen molar-refractivity contribution in [3.63, 3.8) is 0 Å². The Balaban J connectivity index is 1.67. The number of furan rings is 1. The van der Waals surface area contributed by atoms with Crippen molar-refractivity contribution in [3.8, 4) is 0 Å². The lowest BCUT2D eigenvalue weighted by atomic mass is 10.1. The monoisotopic (exact) mass is 397 g/mol. The van der Waals surface area contributed by atoms with Crippen molar-refractivity contribution in [3.05, 3.63) is 89.4 Å². The van der Waals surface area contributed by atoms with Gasteiger partial charge in [0.05, 0.1) is 4.90 Å². The summed E-state index contributed by atoms with van der Waals surface area (Å²) >= 11 is 0. The highest BCUT2D eigenvalue weighted by atomic mass is 32.2. The molecule has 0 aliphatic heterocycles. The molecule has 0 bridgehead atoms. The van der Waals surface area contributed by atoms with Gasteiger partial charge in [0.25, 0.3) is 5.91 Å². The molecule has 6 heteroatoms. The number of aryl methyl sites for hydroxylation is 1. The summed E-state index contributed by atoms with van der Waals surface area (Å²) in [5, 5.41) is 0. The summed E-state index contributed by atoms with van der Waals surface area (Å²) in [6, 6.07) is 19.4. The molecule has 0 spiro atoms. The van der Waals surface area contributed by atoms with E-state index >= 15 is 0 Å². The zero-order valence-electron chi connectivity index (χ0n) is 16.0. The molecule has 0 aliphatic rings. The summed E-state index contributed by atoms with van der Waals surface area (Å²) in [6.07, 6.45) is 0.968. The van der Waals surface area contributed by atoms with Crippen molar-refractivity contribution < 1.29 is 17.6 Å². The fourth-order valence-electron chi connectivity index (χ4n) is 2.88. The van der Waals surface area contributed by atoms with Gasteiger partial charge >= 0.3 is 0 Å². The van der Waals surface area contributed by atoms with Crippen LogP contribution < -0.4 is 0 Å². The van der Waals surface area contributed by atoms with Gasteiger partial charge in [-0.3, -0.25) is 4.79 Å². The number of hydrogen-bond acceptors (Lipinski definition) is 4. The molecule has 0 fully saturated rings. The largest absolute Gasteiger partial charge is 0.455 e. The average Bonchev–Trinajstić information content (AvgIpc) is 3.16. The minimum absolute atomic E-state index is 0.131. The molecular weight excluding hydrogens is 374 g/mol. The lowest BCUT2D eigenvalue weighted by Gasteiger charge is -2.16. The Labute approximate surface area is 165 Å². The first kappa shape index (κ1) is 19.9. The first-order valence-electron chi connectivity index (χ1n) is 9.09. The molecule has 0 N–H and O–H groups in total. The maximum atomic E-state index is 12.6. The van der Waals surface area contributed by atoms with Crippen LogP contribution in [0.15, 0.2) is 76.0 Å². The Kier molecular flexibility index (Phi) is 5.99. The highest BCUT2D eigenvalue weighted by Gasteiger charge is 2.20. The van der Waals surface area contributed by atoms with E-state index in [0.717, 1.165) is 12.0 Å². The summed E-state index contributed by atoms with van der Waals surface area (Å²) in [6.45, 7) is 2.54. The molecule has 1 heterocycles. The SMILES string of the molecule is CCc1ccc(CN(C)C(=O)c2ccc(CS(=O)(=O)c3ccccc3)o2)cc1. The molecule has 0 saturated carbocycles. The minimum atomic E-state index is -3.52. The van der Waals surface area contributed by atoms with E-state index in [2.05, 4.69) is 6.92 Å². The van der Waals surface area contributed by atoms with Gasteiger partial charge in [0.2, 0.25) is 0 Å². The second-order valence-corrected chi connectivity index (χ2v) is 8.66. The molecule has 2 aromatic carbocycles. The fourth-order valence-corrected chi connectivity index (χ4v) is 4.15. The molecular formula is C22H23NO4S. The molecule has 3 aromatic rings. The number of nitrogens with zero attached hydrogens (tertiary/aromatic N) is 1. The lowest BCUT2D eigenvalue weighted by molar-refractivity contribution is 0.0752. The van der Waals surface area contributed by atoms with Gasteiger partial charge in [-0.2, -0.15) is 0 Å². The maximum absolute atomic E-state index is 12.6. The number of carbonyl (C=O) groups excluding carboxylic acids is 1. The van der Waals surface area contributed by atoms with Gasteiger partial charge in [-0.1, -0.05) is 49.4 Å². The first-order chi connectivity index (χ1) is 13.4. The van der Waals surface area contributed by atoms with Gasteiger partial charge in [-0.25, -0.2) is 8.42 Å². The van der Waals surface area contributed by atoms with Crippen molar-refractivity contribution in [2.75, 3.05) is 7.05 Å². The van der Waals surface area contributed by atoms with Crippen molar-refractivity contribution in [1.29, 1.82) is 0 Å². The predicted molar refractivity (Wildman–Crippen MR) is 108 cm³/mol. The molecule has 0 unspecified atom stereocenters. The van der Waals surface area contributed by atoms with Crippen molar-refractivity contribution >= 4 is 15.7 Å². The smallest absolute Gasteiger partial charge is 0.289 e. The van der Waals surface area contributed by atoms with E-state index in [9.17, 15) is 13.2 Å². The van der Waals surface area contributed by atoms with Crippen LogP contribution in [0.4, 0.5) is 0 Å². The van der Waals surface area contributed by atoms with Crippen LogP contribution >= 0.6 is 0 Å². The first-order valence-corrected chi connectivity index (χ1v) is 10.7. The quantitative estimate of drug-likeness (QED) is 0.602. The molecule has 0 saturated heterocycles. The normalized spacial score (nSPS) is 11.4. The third kappa shape index (κ3) is 4.70. The summed E-state index contributed by atoms with van der Waals surface area (Å²) in [5.41, 5.74) is 2.26. The van der Waals surface area contributed by atoms with E-state index in [-0.39, 0.29) is 28.1 Å². The van der Waals surface area contributed by atoms with Gasteiger partial charge in [0.1, 0.15) is 11.5 Å². The van der Waals surface area contributed by atoms with Gasteiger partial charge in [-0.15, -0.1) is 0 Å². The minimum Gasteiger partial charge on any atom is -0.455 e. The molecule has 3 rings (SSSR count). The van der Waals surface area contributed by atoms with Crippen LogP contribution in [0.25, 0.3) is 0 Å². The number of sulfone groups is 1.